The Balaban J connectivity index is 1.83. The van der Waals surface area contributed by atoms with E-state index in [4.69, 9.17) is 16.0 Å². The van der Waals surface area contributed by atoms with E-state index in [1.54, 1.807) is 29.8 Å². The van der Waals surface area contributed by atoms with Crippen LogP contribution in [0.25, 0.3) is 17.4 Å². The lowest BCUT2D eigenvalue weighted by Gasteiger charge is -2.00. The molecule has 0 saturated heterocycles. The van der Waals surface area contributed by atoms with Crippen LogP contribution in [0, 0.1) is 11.3 Å². The first-order chi connectivity index (χ1) is 11.7. The molecule has 0 atom stereocenters. The first kappa shape index (κ1) is 16.0. The van der Waals surface area contributed by atoms with E-state index < -0.39 is 5.91 Å². The van der Waals surface area contributed by atoms with Crippen LogP contribution in [0.3, 0.4) is 0 Å². The maximum atomic E-state index is 12.1. The lowest BCUT2D eigenvalue weighted by molar-refractivity contribution is -0.112. The van der Waals surface area contributed by atoms with Crippen molar-refractivity contribution in [1.29, 1.82) is 5.26 Å². The zero-order valence-corrected chi connectivity index (χ0v) is 13.8. The summed E-state index contributed by atoms with van der Waals surface area (Å²) < 4.78 is 5.66. The number of anilines is 1. The van der Waals surface area contributed by atoms with Crippen LogP contribution in [0.5, 0.6) is 0 Å². The van der Waals surface area contributed by atoms with E-state index in [1.165, 1.54) is 17.4 Å². The van der Waals surface area contributed by atoms with Gasteiger partial charge in [-0.25, -0.2) is 4.98 Å². The van der Waals surface area contributed by atoms with Crippen molar-refractivity contribution < 1.29 is 9.21 Å². The molecule has 0 saturated carbocycles. The highest BCUT2D eigenvalue weighted by molar-refractivity contribution is 7.13. The van der Waals surface area contributed by atoms with Crippen LogP contribution in [0.15, 0.2) is 58.0 Å². The van der Waals surface area contributed by atoms with Gasteiger partial charge in [-0.3, -0.25) is 10.1 Å². The van der Waals surface area contributed by atoms with Crippen molar-refractivity contribution in [2.24, 2.45) is 0 Å². The number of carbonyl (C=O) groups is 1. The van der Waals surface area contributed by atoms with Gasteiger partial charge >= 0.3 is 0 Å². The number of halogens is 1. The van der Waals surface area contributed by atoms with E-state index in [1.807, 2.05) is 24.3 Å². The van der Waals surface area contributed by atoms with Crippen LogP contribution in [0.4, 0.5) is 5.13 Å². The molecule has 0 fully saturated rings. The summed E-state index contributed by atoms with van der Waals surface area (Å²) in [4.78, 5) is 16.0. The van der Waals surface area contributed by atoms with Gasteiger partial charge in [-0.2, -0.15) is 5.26 Å². The third-order valence-electron chi connectivity index (χ3n) is 3.07. The van der Waals surface area contributed by atoms with E-state index >= 15 is 0 Å². The summed E-state index contributed by atoms with van der Waals surface area (Å²) in [7, 11) is 0. The fourth-order valence-corrected chi connectivity index (χ4v) is 2.73. The maximum absolute atomic E-state index is 12.1. The second-order valence-electron chi connectivity index (χ2n) is 4.64. The van der Waals surface area contributed by atoms with Crippen molar-refractivity contribution in [2.75, 3.05) is 5.32 Å². The summed E-state index contributed by atoms with van der Waals surface area (Å²) in [5.41, 5.74) is 0.662. The molecule has 0 radical (unpaired) electrons. The SMILES string of the molecule is N#C/C(=C\c1ccc(-c2ccccc2Cl)o1)C(=O)Nc1nccs1. The Bertz CT molecular complexity index is 939. The van der Waals surface area contributed by atoms with Gasteiger partial charge in [0.15, 0.2) is 5.13 Å². The van der Waals surface area contributed by atoms with Crippen LogP contribution < -0.4 is 5.32 Å². The number of aromatic nitrogens is 1. The second kappa shape index (κ2) is 7.13. The van der Waals surface area contributed by atoms with Gasteiger partial charge in [-0.1, -0.05) is 23.7 Å². The molecule has 3 aromatic rings. The minimum Gasteiger partial charge on any atom is -0.457 e. The molecule has 5 nitrogen and oxygen atoms in total. The topological polar surface area (TPSA) is 78.9 Å². The van der Waals surface area contributed by atoms with Crippen LogP contribution >= 0.6 is 22.9 Å². The Hall–Kier alpha value is -2.88. The smallest absolute Gasteiger partial charge is 0.268 e. The van der Waals surface area contributed by atoms with Crippen molar-refractivity contribution in [1.82, 2.24) is 4.98 Å². The summed E-state index contributed by atoms with van der Waals surface area (Å²) in [5, 5.41) is 14.5. The first-order valence-corrected chi connectivity index (χ1v) is 8.10. The molecule has 2 aromatic heterocycles. The standard InChI is InChI=1S/C17H10ClN3O2S/c18-14-4-2-1-3-13(14)15-6-5-12(23-15)9-11(10-19)16(22)21-17-20-7-8-24-17/h1-9H,(H,20,21,22)/b11-9+. The van der Waals surface area contributed by atoms with Crippen molar-refractivity contribution in [3.05, 3.63) is 64.3 Å². The molecule has 3 rings (SSSR count). The van der Waals surface area contributed by atoms with E-state index in [0.29, 0.717) is 21.7 Å². The monoisotopic (exact) mass is 355 g/mol. The van der Waals surface area contributed by atoms with Crippen molar-refractivity contribution in [3.8, 4) is 17.4 Å². The predicted molar refractivity (Wildman–Crippen MR) is 93.5 cm³/mol. The average molecular weight is 356 g/mol. The van der Waals surface area contributed by atoms with Gasteiger partial charge in [-0.15, -0.1) is 11.3 Å². The lowest BCUT2D eigenvalue weighted by atomic mass is 10.2. The fourth-order valence-electron chi connectivity index (χ4n) is 1.98. The Morgan fingerprint density at radius 3 is 2.88 bits per heavy atom. The largest absolute Gasteiger partial charge is 0.457 e. The van der Waals surface area contributed by atoms with Crippen LogP contribution in [0.2, 0.25) is 5.02 Å². The minimum absolute atomic E-state index is 0.0785. The summed E-state index contributed by atoms with van der Waals surface area (Å²) in [6.07, 6.45) is 2.95. The van der Waals surface area contributed by atoms with Crippen LogP contribution in [-0.4, -0.2) is 10.9 Å². The number of hydrogen-bond donors (Lipinski definition) is 1. The fraction of sp³-hybridized carbons (Fsp3) is 0. The molecule has 1 amide bonds. The summed E-state index contributed by atoms with van der Waals surface area (Å²) in [6, 6.07) is 12.5. The van der Waals surface area contributed by atoms with Crippen molar-refractivity contribution >= 4 is 40.1 Å². The van der Waals surface area contributed by atoms with E-state index in [0.717, 1.165) is 5.56 Å². The third kappa shape index (κ3) is 3.54. The van der Waals surface area contributed by atoms with Gasteiger partial charge in [0.25, 0.3) is 5.91 Å². The molecule has 0 aliphatic heterocycles. The number of nitrogens with zero attached hydrogens (tertiary/aromatic N) is 2. The number of rotatable bonds is 4. The number of hydrogen-bond acceptors (Lipinski definition) is 5. The Morgan fingerprint density at radius 1 is 1.33 bits per heavy atom. The molecule has 118 valence electrons. The molecule has 2 heterocycles. The van der Waals surface area contributed by atoms with Gasteiger partial charge < -0.3 is 4.42 Å². The molecule has 24 heavy (non-hydrogen) atoms. The number of benzene rings is 1. The van der Waals surface area contributed by atoms with Gasteiger partial charge in [0.1, 0.15) is 23.2 Å². The van der Waals surface area contributed by atoms with E-state index in [-0.39, 0.29) is 5.57 Å². The number of nitrogens with one attached hydrogen (secondary N) is 1. The summed E-state index contributed by atoms with van der Waals surface area (Å²) >= 11 is 7.40. The highest BCUT2D eigenvalue weighted by Crippen LogP contribution is 2.29. The summed E-state index contributed by atoms with van der Waals surface area (Å²) in [5.74, 6) is 0.406. The summed E-state index contributed by atoms with van der Waals surface area (Å²) in [6.45, 7) is 0. The molecule has 0 bridgehead atoms. The molecule has 1 N–H and O–H groups in total. The molecule has 0 spiro atoms. The Labute approximate surface area is 146 Å². The van der Waals surface area contributed by atoms with E-state index in [2.05, 4.69) is 10.3 Å². The quantitative estimate of drug-likeness (QED) is 0.547. The Morgan fingerprint density at radius 2 is 2.17 bits per heavy atom. The van der Waals surface area contributed by atoms with Gasteiger partial charge in [0, 0.05) is 23.2 Å². The first-order valence-electron chi connectivity index (χ1n) is 6.85. The number of carbonyl (C=O) groups excluding carboxylic acids is 1. The molecule has 0 aliphatic carbocycles. The van der Waals surface area contributed by atoms with Gasteiger partial charge in [0.2, 0.25) is 0 Å². The molecular formula is C17H10ClN3O2S. The molecule has 7 heteroatoms. The zero-order chi connectivity index (χ0) is 16.9. The normalized spacial score (nSPS) is 11.1. The van der Waals surface area contributed by atoms with Gasteiger partial charge in [-0.05, 0) is 24.3 Å². The zero-order valence-electron chi connectivity index (χ0n) is 12.2. The van der Waals surface area contributed by atoms with Gasteiger partial charge in [0.05, 0.1) is 5.02 Å². The maximum Gasteiger partial charge on any atom is 0.268 e. The van der Waals surface area contributed by atoms with Crippen molar-refractivity contribution in [2.45, 2.75) is 0 Å². The Kier molecular flexibility index (Phi) is 4.75. The number of nitriles is 1. The highest BCUT2D eigenvalue weighted by atomic mass is 35.5. The second-order valence-corrected chi connectivity index (χ2v) is 5.94. The molecule has 1 aromatic carbocycles. The molecular weight excluding hydrogens is 346 g/mol. The minimum atomic E-state index is -0.539. The molecule has 0 unspecified atom stereocenters. The number of thiazole rings is 1. The number of furan rings is 1. The lowest BCUT2D eigenvalue weighted by Crippen LogP contribution is -2.13. The third-order valence-corrected chi connectivity index (χ3v) is 4.09. The van der Waals surface area contributed by atoms with E-state index in [9.17, 15) is 10.1 Å². The number of amides is 1. The predicted octanol–water partition coefficient (Wildman–Crippen LogP) is 4.60. The molecule has 0 aliphatic rings. The van der Waals surface area contributed by atoms with Crippen LogP contribution in [-0.2, 0) is 4.79 Å². The average Bonchev–Trinajstić information content (AvgIpc) is 3.24. The van der Waals surface area contributed by atoms with Crippen molar-refractivity contribution in [3.63, 3.8) is 0 Å². The van der Waals surface area contributed by atoms with Crippen LogP contribution in [0.1, 0.15) is 5.76 Å². The highest BCUT2D eigenvalue weighted by Gasteiger charge is 2.13.